The van der Waals surface area contributed by atoms with Gasteiger partial charge < -0.3 is 4.74 Å². The fourth-order valence-electron chi connectivity index (χ4n) is 3.11. The lowest BCUT2D eigenvalue weighted by atomic mass is 10.1. The third-order valence-corrected chi connectivity index (χ3v) is 4.89. The first-order chi connectivity index (χ1) is 14.5. The predicted molar refractivity (Wildman–Crippen MR) is 124 cm³/mol. The minimum atomic E-state index is -0.0904. The van der Waals surface area contributed by atoms with E-state index in [1.165, 1.54) is 0 Å². The van der Waals surface area contributed by atoms with Crippen LogP contribution in [0, 0.1) is 0 Å². The lowest BCUT2D eigenvalue weighted by Gasteiger charge is -2.14. The number of rotatable bonds is 9. The molecule has 0 spiro atoms. The number of ether oxygens (including phenoxy) is 1. The third kappa shape index (κ3) is 5.46. The van der Waals surface area contributed by atoms with Crippen LogP contribution in [0.25, 0.3) is 10.9 Å². The van der Waals surface area contributed by atoms with E-state index in [4.69, 9.17) is 16.3 Å². The van der Waals surface area contributed by atoms with E-state index in [-0.39, 0.29) is 11.7 Å². The van der Waals surface area contributed by atoms with Gasteiger partial charge in [0.1, 0.15) is 0 Å². The van der Waals surface area contributed by atoms with Crippen molar-refractivity contribution in [3.8, 4) is 0 Å². The molecule has 7 heteroatoms. The highest BCUT2D eigenvalue weighted by Crippen LogP contribution is 2.14. The first kappa shape index (κ1) is 22.0. The number of fused-ring (bicyclic) bond motifs is 1. The maximum absolute atomic E-state index is 13.1. The summed E-state index contributed by atoms with van der Waals surface area (Å²) in [5.41, 5.74) is 5.39. The highest BCUT2D eigenvalue weighted by Gasteiger charge is 2.11. The Hall–Kier alpha value is -2.70. The molecule has 3 rings (SSSR count). The summed E-state index contributed by atoms with van der Waals surface area (Å²) in [7, 11) is 0. The van der Waals surface area contributed by atoms with Crippen molar-refractivity contribution < 1.29 is 4.74 Å². The molecule has 0 aliphatic heterocycles. The van der Waals surface area contributed by atoms with Gasteiger partial charge in [-0.25, -0.2) is 10.4 Å². The molecule has 0 aliphatic carbocycles. The molecule has 0 radical (unpaired) electrons. The summed E-state index contributed by atoms with van der Waals surface area (Å²) in [6, 6.07) is 14.9. The number of aromatic nitrogens is 2. The van der Waals surface area contributed by atoms with Crippen LogP contribution >= 0.6 is 11.6 Å². The van der Waals surface area contributed by atoms with E-state index < -0.39 is 0 Å². The molecule has 2 aromatic carbocycles. The van der Waals surface area contributed by atoms with Crippen LogP contribution in [0.5, 0.6) is 0 Å². The summed E-state index contributed by atoms with van der Waals surface area (Å²) >= 11 is 5.99. The zero-order chi connectivity index (χ0) is 21.5. The van der Waals surface area contributed by atoms with Gasteiger partial charge in [-0.2, -0.15) is 5.10 Å². The average molecular weight is 427 g/mol. The number of anilines is 1. The highest BCUT2D eigenvalue weighted by molar-refractivity contribution is 6.30. The maximum Gasteiger partial charge on any atom is 0.262 e. The molecule has 1 heterocycles. The van der Waals surface area contributed by atoms with E-state index in [0.29, 0.717) is 47.9 Å². The second-order valence-corrected chi connectivity index (χ2v) is 7.65. The van der Waals surface area contributed by atoms with Crippen molar-refractivity contribution in [1.82, 2.24) is 9.55 Å². The Morgan fingerprint density at radius 1 is 1.20 bits per heavy atom. The molecule has 0 fully saturated rings. The number of nitrogens with one attached hydrogen (secondary N) is 1. The van der Waals surface area contributed by atoms with E-state index in [1.807, 2.05) is 63.2 Å². The molecule has 0 unspecified atom stereocenters. The third-order valence-electron chi connectivity index (χ3n) is 4.64. The topological polar surface area (TPSA) is 68.5 Å². The van der Waals surface area contributed by atoms with Gasteiger partial charge in [0.05, 0.1) is 22.7 Å². The number of hydrogen-bond donors (Lipinski definition) is 1. The molecule has 0 amide bonds. The number of para-hydroxylation sites is 1. The predicted octanol–water partition coefficient (Wildman–Crippen LogP) is 5.09. The van der Waals surface area contributed by atoms with Gasteiger partial charge in [0, 0.05) is 18.2 Å². The first-order valence-corrected chi connectivity index (χ1v) is 10.6. The van der Waals surface area contributed by atoms with Gasteiger partial charge in [0.15, 0.2) is 0 Å². The Balaban J connectivity index is 1.93. The molecule has 1 N–H and O–H groups in total. The lowest BCUT2D eigenvalue weighted by Crippen LogP contribution is -2.25. The summed E-state index contributed by atoms with van der Waals surface area (Å²) in [5, 5.41) is 5.81. The first-order valence-electron chi connectivity index (χ1n) is 10.2. The molecule has 0 saturated carbocycles. The molecular formula is C23H27ClN4O2. The van der Waals surface area contributed by atoms with Crippen LogP contribution in [-0.4, -0.2) is 28.0 Å². The Labute approximate surface area is 181 Å². The summed E-state index contributed by atoms with van der Waals surface area (Å²) in [6.45, 7) is 7.08. The summed E-state index contributed by atoms with van der Waals surface area (Å²) < 4.78 is 7.25. The lowest BCUT2D eigenvalue weighted by molar-refractivity contribution is 0.0748. The van der Waals surface area contributed by atoms with Gasteiger partial charge in [-0.3, -0.25) is 9.36 Å². The largest absolute Gasteiger partial charge is 0.379 e. The Kier molecular flexibility index (Phi) is 7.60. The number of benzene rings is 2. The van der Waals surface area contributed by atoms with E-state index in [2.05, 4.69) is 15.5 Å². The molecule has 0 aliphatic rings. The quantitative estimate of drug-likeness (QED) is 0.294. The molecular weight excluding hydrogens is 400 g/mol. The molecule has 3 aromatic rings. The summed E-state index contributed by atoms with van der Waals surface area (Å²) in [5.74, 6) is 0.420. The van der Waals surface area contributed by atoms with Crippen molar-refractivity contribution in [1.29, 1.82) is 0 Å². The van der Waals surface area contributed by atoms with Gasteiger partial charge in [-0.1, -0.05) is 42.8 Å². The van der Waals surface area contributed by atoms with Crippen LogP contribution < -0.4 is 11.0 Å². The van der Waals surface area contributed by atoms with Gasteiger partial charge in [0.25, 0.3) is 5.56 Å². The van der Waals surface area contributed by atoms with Crippen LogP contribution in [-0.2, 0) is 11.3 Å². The molecule has 158 valence electrons. The van der Waals surface area contributed by atoms with Gasteiger partial charge in [-0.15, -0.1) is 0 Å². The normalized spacial score (nSPS) is 12.0. The molecule has 0 atom stereocenters. The second-order valence-electron chi connectivity index (χ2n) is 7.21. The van der Waals surface area contributed by atoms with Crippen molar-refractivity contribution in [2.45, 2.75) is 46.3 Å². The van der Waals surface area contributed by atoms with Crippen molar-refractivity contribution in [2.24, 2.45) is 5.10 Å². The Bertz CT molecular complexity index is 1070. The number of nitrogens with zero attached hydrogens (tertiary/aromatic N) is 3. The zero-order valence-corrected chi connectivity index (χ0v) is 18.3. The fraction of sp³-hybridized carbons (Fsp3) is 0.348. The standard InChI is InChI=1S/C23H27ClN4O2/c1-4-20(17-10-12-18(24)13-11-17)26-27-23-25-21-9-6-5-8-19(21)22(29)28(23)14-7-15-30-16(2)3/h5-6,8-13,16H,4,7,14-15H2,1-3H3,(H,25,27)/b26-20-. The smallest absolute Gasteiger partial charge is 0.262 e. The van der Waals surface area contributed by atoms with Crippen molar-refractivity contribution in [3.05, 3.63) is 69.5 Å². The van der Waals surface area contributed by atoms with Crippen LogP contribution in [0.4, 0.5) is 5.95 Å². The molecule has 30 heavy (non-hydrogen) atoms. The van der Waals surface area contributed by atoms with E-state index >= 15 is 0 Å². The summed E-state index contributed by atoms with van der Waals surface area (Å²) in [4.78, 5) is 17.7. The highest BCUT2D eigenvalue weighted by atomic mass is 35.5. The average Bonchev–Trinajstić information content (AvgIpc) is 2.74. The molecule has 0 saturated heterocycles. The minimum Gasteiger partial charge on any atom is -0.379 e. The van der Waals surface area contributed by atoms with Gasteiger partial charge in [-0.05, 0) is 56.5 Å². The number of hydrazone groups is 1. The van der Waals surface area contributed by atoms with Crippen LogP contribution in [0.1, 0.15) is 39.2 Å². The second kappa shape index (κ2) is 10.4. The minimum absolute atomic E-state index is 0.0904. The zero-order valence-electron chi connectivity index (χ0n) is 17.6. The van der Waals surface area contributed by atoms with Crippen molar-refractivity contribution in [2.75, 3.05) is 12.0 Å². The monoisotopic (exact) mass is 426 g/mol. The van der Waals surface area contributed by atoms with Crippen LogP contribution in [0.3, 0.4) is 0 Å². The van der Waals surface area contributed by atoms with Crippen molar-refractivity contribution in [3.63, 3.8) is 0 Å². The Morgan fingerprint density at radius 2 is 1.93 bits per heavy atom. The fourth-order valence-corrected chi connectivity index (χ4v) is 3.24. The number of halogens is 1. The molecule has 1 aromatic heterocycles. The molecule has 6 nitrogen and oxygen atoms in total. The van der Waals surface area contributed by atoms with Gasteiger partial charge in [0.2, 0.25) is 5.95 Å². The van der Waals surface area contributed by atoms with Crippen LogP contribution in [0.15, 0.2) is 58.4 Å². The SMILES string of the molecule is CC/C(=N/Nc1nc2ccccc2c(=O)n1CCCOC(C)C)c1ccc(Cl)cc1. The summed E-state index contributed by atoms with van der Waals surface area (Å²) in [6.07, 6.45) is 1.58. The van der Waals surface area contributed by atoms with E-state index in [9.17, 15) is 4.79 Å². The van der Waals surface area contributed by atoms with E-state index in [0.717, 1.165) is 11.3 Å². The maximum atomic E-state index is 13.1. The van der Waals surface area contributed by atoms with Crippen molar-refractivity contribution >= 4 is 34.2 Å². The molecule has 0 bridgehead atoms. The Morgan fingerprint density at radius 3 is 2.63 bits per heavy atom. The van der Waals surface area contributed by atoms with E-state index in [1.54, 1.807) is 10.6 Å². The number of hydrogen-bond acceptors (Lipinski definition) is 5. The van der Waals surface area contributed by atoms with Gasteiger partial charge >= 0.3 is 0 Å². The van der Waals surface area contributed by atoms with Crippen LogP contribution in [0.2, 0.25) is 5.02 Å².